The van der Waals surface area contributed by atoms with Gasteiger partial charge < -0.3 is 14.9 Å². The second-order valence-electron chi connectivity index (χ2n) is 5.21. The van der Waals surface area contributed by atoms with Crippen LogP contribution in [0.25, 0.3) is 0 Å². The summed E-state index contributed by atoms with van der Waals surface area (Å²) in [5.74, 6) is 0. The van der Waals surface area contributed by atoms with Gasteiger partial charge in [0, 0.05) is 42.5 Å². The maximum absolute atomic E-state index is 9.46. The van der Waals surface area contributed by atoms with Gasteiger partial charge in [0.15, 0.2) is 0 Å². The number of rotatable bonds is 4. The Bertz CT molecular complexity index is 417. The molecule has 0 aromatic heterocycles. The summed E-state index contributed by atoms with van der Waals surface area (Å²) >= 11 is 6.09. The van der Waals surface area contributed by atoms with Crippen LogP contribution in [0, 0.1) is 0 Å². The molecule has 0 radical (unpaired) electrons. The highest BCUT2D eigenvalue weighted by molar-refractivity contribution is 6.30. The van der Waals surface area contributed by atoms with Crippen LogP contribution in [0.15, 0.2) is 18.2 Å². The van der Waals surface area contributed by atoms with Crippen LogP contribution in [-0.4, -0.2) is 42.7 Å². The molecule has 1 aromatic carbocycles. The van der Waals surface area contributed by atoms with Gasteiger partial charge in [-0.3, -0.25) is 0 Å². The van der Waals surface area contributed by atoms with E-state index in [0.29, 0.717) is 6.04 Å². The first-order valence-electron chi connectivity index (χ1n) is 7.00. The molecule has 0 aliphatic carbocycles. The minimum Gasteiger partial charge on any atom is -0.392 e. The average molecular weight is 283 g/mol. The van der Waals surface area contributed by atoms with Crippen molar-refractivity contribution in [1.82, 2.24) is 4.90 Å². The topological polar surface area (TPSA) is 26.7 Å². The van der Waals surface area contributed by atoms with Crippen molar-refractivity contribution in [3.05, 3.63) is 28.8 Å². The smallest absolute Gasteiger partial charge is 0.0702 e. The van der Waals surface area contributed by atoms with Crippen molar-refractivity contribution in [3.63, 3.8) is 0 Å². The molecule has 106 valence electrons. The molecule has 0 unspecified atom stereocenters. The number of nitrogens with zero attached hydrogens (tertiary/aromatic N) is 2. The fourth-order valence-corrected chi connectivity index (χ4v) is 2.98. The second kappa shape index (κ2) is 6.60. The molecular weight excluding hydrogens is 260 g/mol. The Kier molecular flexibility index (Phi) is 5.08. The number of hydrogen-bond acceptors (Lipinski definition) is 3. The molecule has 19 heavy (non-hydrogen) atoms. The zero-order valence-corrected chi connectivity index (χ0v) is 12.5. The summed E-state index contributed by atoms with van der Waals surface area (Å²) in [5, 5.41) is 10.2. The standard InChI is InChI=1S/C15H23ClN2O/c1-3-18-8-6-14(7-9-18)17(2)15-10-13(16)5-4-12(15)11-19/h4-5,10,14,19H,3,6-9,11H2,1-2H3. The van der Waals surface area contributed by atoms with Gasteiger partial charge in [0.1, 0.15) is 0 Å². The lowest BCUT2D eigenvalue weighted by Crippen LogP contribution is -2.43. The first kappa shape index (κ1) is 14.6. The van der Waals surface area contributed by atoms with Crippen molar-refractivity contribution in [2.45, 2.75) is 32.4 Å². The third kappa shape index (κ3) is 3.41. The number of benzene rings is 1. The number of aliphatic hydroxyl groups is 1. The minimum absolute atomic E-state index is 0.0602. The van der Waals surface area contributed by atoms with Crippen molar-refractivity contribution in [2.24, 2.45) is 0 Å². The lowest BCUT2D eigenvalue weighted by atomic mass is 10.0. The Hall–Kier alpha value is -0.770. The molecule has 0 atom stereocenters. The van der Waals surface area contributed by atoms with Gasteiger partial charge >= 0.3 is 0 Å². The highest BCUT2D eigenvalue weighted by Crippen LogP contribution is 2.28. The molecule has 0 spiro atoms. The Labute approximate surface area is 120 Å². The number of hydrogen-bond donors (Lipinski definition) is 1. The second-order valence-corrected chi connectivity index (χ2v) is 5.64. The number of piperidine rings is 1. The van der Waals surface area contributed by atoms with Crippen LogP contribution in [0.2, 0.25) is 5.02 Å². The summed E-state index contributed by atoms with van der Waals surface area (Å²) in [6, 6.07) is 6.24. The molecular formula is C15H23ClN2O. The Morgan fingerprint density at radius 3 is 2.63 bits per heavy atom. The number of aliphatic hydroxyl groups excluding tert-OH is 1. The highest BCUT2D eigenvalue weighted by atomic mass is 35.5. The molecule has 2 rings (SSSR count). The number of halogens is 1. The van der Waals surface area contributed by atoms with E-state index < -0.39 is 0 Å². The predicted molar refractivity (Wildman–Crippen MR) is 80.9 cm³/mol. The number of likely N-dealkylation sites (tertiary alicyclic amines) is 1. The quantitative estimate of drug-likeness (QED) is 0.920. The lowest BCUT2D eigenvalue weighted by molar-refractivity contribution is 0.220. The van der Waals surface area contributed by atoms with Crippen LogP contribution in [0.1, 0.15) is 25.3 Å². The lowest BCUT2D eigenvalue weighted by Gasteiger charge is -2.38. The van der Waals surface area contributed by atoms with Crippen LogP contribution in [0.5, 0.6) is 0 Å². The Balaban J connectivity index is 2.11. The molecule has 1 aromatic rings. The zero-order valence-electron chi connectivity index (χ0n) is 11.8. The van der Waals surface area contributed by atoms with E-state index in [2.05, 4.69) is 23.8 Å². The Morgan fingerprint density at radius 1 is 1.37 bits per heavy atom. The van der Waals surface area contributed by atoms with E-state index in [0.717, 1.165) is 35.9 Å². The zero-order chi connectivity index (χ0) is 13.8. The van der Waals surface area contributed by atoms with Gasteiger partial charge in [-0.05, 0) is 31.5 Å². The van der Waals surface area contributed by atoms with Crippen molar-refractivity contribution in [1.29, 1.82) is 0 Å². The molecule has 0 amide bonds. The van der Waals surface area contributed by atoms with Crippen molar-refractivity contribution in [2.75, 3.05) is 31.6 Å². The van der Waals surface area contributed by atoms with Crippen molar-refractivity contribution < 1.29 is 5.11 Å². The maximum Gasteiger partial charge on any atom is 0.0702 e. The van der Waals surface area contributed by atoms with E-state index in [-0.39, 0.29) is 6.61 Å². The van der Waals surface area contributed by atoms with Gasteiger partial charge in [-0.15, -0.1) is 0 Å². The Morgan fingerprint density at radius 2 is 2.05 bits per heavy atom. The molecule has 1 fully saturated rings. The molecule has 1 aliphatic heterocycles. The van der Waals surface area contributed by atoms with E-state index in [1.165, 1.54) is 12.8 Å². The third-order valence-corrected chi connectivity index (χ3v) is 4.38. The fraction of sp³-hybridized carbons (Fsp3) is 0.600. The van der Waals surface area contributed by atoms with Crippen LogP contribution in [-0.2, 0) is 6.61 Å². The summed E-state index contributed by atoms with van der Waals surface area (Å²) in [6.07, 6.45) is 2.34. The van der Waals surface area contributed by atoms with E-state index in [1.807, 2.05) is 18.2 Å². The third-order valence-electron chi connectivity index (χ3n) is 4.15. The van der Waals surface area contributed by atoms with Gasteiger partial charge in [-0.2, -0.15) is 0 Å². The monoisotopic (exact) mass is 282 g/mol. The van der Waals surface area contributed by atoms with Crippen LogP contribution in [0.4, 0.5) is 5.69 Å². The summed E-state index contributed by atoms with van der Waals surface area (Å²) < 4.78 is 0. The van der Waals surface area contributed by atoms with Crippen molar-refractivity contribution in [3.8, 4) is 0 Å². The van der Waals surface area contributed by atoms with Crippen LogP contribution >= 0.6 is 11.6 Å². The van der Waals surface area contributed by atoms with Crippen LogP contribution < -0.4 is 4.90 Å². The summed E-state index contributed by atoms with van der Waals surface area (Å²) in [4.78, 5) is 4.76. The van der Waals surface area contributed by atoms with Gasteiger partial charge in [0.25, 0.3) is 0 Å². The average Bonchev–Trinajstić information content (AvgIpc) is 2.46. The summed E-state index contributed by atoms with van der Waals surface area (Å²) in [6.45, 7) is 5.71. The van der Waals surface area contributed by atoms with E-state index in [4.69, 9.17) is 11.6 Å². The van der Waals surface area contributed by atoms with E-state index in [9.17, 15) is 5.11 Å². The molecule has 0 saturated carbocycles. The largest absolute Gasteiger partial charge is 0.392 e. The SMILES string of the molecule is CCN1CCC(N(C)c2cc(Cl)ccc2CO)CC1. The first-order chi connectivity index (χ1) is 9.15. The molecule has 1 heterocycles. The van der Waals surface area contributed by atoms with E-state index in [1.54, 1.807) is 0 Å². The summed E-state index contributed by atoms with van der Waals surface area (Å²) in [5.41, 5.74) is 2.01. The molecule has 3 nitrogen and oxygen atoms in total. The minimum atomic E-state index is 0.0602. The van der Waals surface area contributed by atoms with Gasteiger partial charge in [-0.25, -0.2) is 0 Å². The van der Waals surface area contributed by atoms with E-state index >= 15 is 0 Å². The predicted octanol–water partition coefficient (Wildman–Crippen LogP) is 2.75. The first-order valence-corrected chi connectivity index (χ1v) is 7.38. The molecule has 0 bridgehead atoms. The molecule has 4 heteroatoms. The van der Waals surface area contributed by atoms with Gasteiger partial charge in [-0.1, -0.05) is 24.6 Å². The molecule has 1 saturated heterocycles. The molecule has 1 N–H and O–H groups in total. The highest BCUT2D eigenvalue weighted by Gasteiger charge is 2.23. The molecule has 1 aliphatic rings. The fourth-order valence-electron chi connectivity index (χ4n) is 2.82. The maximum atomic E-state index is 9.46. The van der Waals surface area contributed by atoms with Gasteiger partial charge in [0.05, 0.1) is 6.61 Å². The van der Waals surface area contributed by atoms with Crippen molar-refractivity contribution >= 4 is 17.3 Å². The normalized spacial score (nSPS) is 17.7. The van der Waals surface area contributed by atoms with Crippen LogP contribution in [0.3, 0.4) is 0 Å². The number of anilines is 1. The van der Waals surface area contributed by atoms with Gasteiger partial charge in [0.2, 0.25) is 0 Å². The summed E-state index contributed by atoms with van der Waals surface area (Å²) in [7, 11) is 2.11.